The summed E-state index contributed by atoms with van der Waals surface area (Å²) in [5.74, 6) is 0.875. The van der Waals surface area contributed by atoms with E-state index < -0.39 is 0 Å². The molecule has 0 amide bonds. The second-order valence-electron chi connectivity index (χ2n) is 6.94. The predicted octanol–water partition coefficient (Wildman–Crippen LogP) is 2.39. The van der Waals surface area contributed by atoms with Crippen LogP contribution < -0.4 is 10.9 Å². The lowest BCUT2D eigenvalue weighted by molar-refractivity contribution is 0.152. The number of nitrogens with one attached hydrogen (secondary N) is 3. The van der Waals surface area contributed by atoms with Gasteiger partial charge >= 0.3 is 0 Å². The highest BCUT2D eigenvalue weighted by Gasteiger charge is 2.27. The number of anilines is 1. The molecule has 1 aliphatic heterocycles. The van der Waals surface area contributed by atoms with Crippen LogP contribution in [0.3, 0.4) is 0 Å². The zero-order chi connectivity index (χ0) is 17.2. The molecule has 1 saturated carbocycles. The first-order chi connectivity index (χ1) is 12.2. The van der Waals surface area contributed by atoms with E-state index in [2.05, 4.69) is 25.2 Å². The molecule has 134 valence electrons. The first-order valence-electron chi connectivity index (χ1n) is 9.03. The van der Waals surface area contributed by atoms with Gasteiger partial charge in [-0.05, 0) is 25.1 Å². The molecule has 7 nitrogen and oxygen atoms in total. The van der Waals surface area contributed by atoms with Gasteiger partial charge in [0.2, 0.25) is 0 Å². The van der Waals surface area contributed by atoms with Crippen molar-refractivity contribution in [1.29, 1.82) is 0 Å². The molecular formula is C17H24N6OS. The summed E-state index contributed by atoms with van der Waals surface area (Å²) < 4.78 is 2.48. The number of aromatic nitrogens is 4. The quantitative estimate of drug-likeness (QED) is 0.730. The van der Waals surface area contributed by atoms with E-state index in [1.165, 1.54) is 32.1 Å². The molecular weight excluding hydrogens is 336 g/mol. The fraction of sp³-hybridized carbons (Fsp3) is 0.588. The highest BCUT2D eigenvalue weighted by Crippen LogP contribution is 2.27. The largest absolute Gasteiger partial charge is 0.358 e. The molecule has 25 heavy (non-hydrogen) atoms. The highest BCUT2D eigenvalue weighted by atomic mass is 32.1. The average molecular weight is 360 g/mol. The van der Waals surface area contributed by atoms with Gasteiger partial charge in [0.1, 0.15) is 5.82 Å². The summed E-state index contributed by atoms with van der Waals surface area (Å²) in [7, 11) is 0. The van der Waals surface area contributed by atoms with Gasteiger partial charge in [-0.15, -0.1) is 0 Å². The first-order valence-corrected chi connectivity index (χ1v) is 9.44. The topological polar surface area (TPSA) is 81.7 Å². The van der Waals surface area contributed by atoms with Gasteiger partial charge in [-0.25, -0.2) is 4.98 Å². The molecule has 2 aromatic rings. The highest BCUT2D eigenvalue weighted by molar-refractivity contribution is 7.71. The third kappa shape index (κ3) is 3.41. The maximum atomic E-state index is 12.5. The molecule has 0 atom stereocenters. The van der Waals surface area contributed by atoms with Gasteiger partial charge in [0, 0.05) is 37.4 Å². The van der Waals surface area contributed by atoms with Crippen LogP contribution in [0.1, 0.15) is 43.4 Å². The smallest absolute Gasteiger partial charge is 0.258 e. The number of fused-ring (bicyclic) bond motifs is 1. The molecule has 8 heteroatoms. The molecule has 1 aliphatic carbocycles. The number of imidazole rings is 1. The molecule has 3 N–H and O–H groups in total. The average Bonchev–Trinajstić information content (AvgIpc) is 3.15. The second-order valence-corrected chi connectivity index (χ2v) is 7.33. The molecule has 0 aromatic carbocycles. The lowest BCUT2D eigenvalue weighted by Gasteiger charge is -2.38. The Morgan fingerprint density at radius 1 is 1.28 bits per heavy atom. The number of H-pyrrole nitrogens is 2. The number of hydrogen-bond donors (Lipinski definition) is 3. The van der Waals surface area contributed by atoms with E-state index in [0.29, 0.717) is 23.9 Å². The number of nitrogens with zero attached hydrogens (tertiary/aromatic N) is 3. The molecule has 0 spiro atoms. The van der Waals surface area contributed by atoms with E-state index in [9.17, 15) is 4.79 Å². The Morgan fingerprint density at radius 2 is 2.12 bits per heavy atom. The predicted molar refractivity (Wildman–Crippen MR) is 99.1 cm³/mol. The summed E-state index contributed by atoms with van der Waals surface area (Å²) in [6, 6.07) is 0.579. The zero-order valence-corrected chi connectivity index (χ0v) is 15.1. The molecule has 3 heterocycles. The number of aryl methyl sites for hydroxylation is 1. The molecule has 2 aliphatic rings. The third-order valence-electron chi connectivity index (χ3n) is 5.36. The normalized spacial score (nSPS) is 18.7. The van der Waals surface area contributed by atoms with E-state index in [-0.39, 0.29) is 5.56 Å². The lowest BCUT2D eigenvalue weighted by atomic mass is 9.94. The maximum Gasteiger partial charge on any atom is 0.258 e. The van der Waals surface area contributed by atoms with Crippen molar-refractivity contribution in [1.82, 2.24) is 24.4 Å². The SMILES string of the molecule is O=c1[nH]c(=S)n(CCc2cnc[nH]2)c2c1CN(C1CCCCC1)CN2. The van der Waals surface area contributed by atoms with E-state index in [1.54, 1.807) is 6.33 Å². The van der Waals surface area contributed by atoms with E-state index in [1.807, 2.05) is 10.8 Å². The van der Waals surface area contributed by atoms with E-state index in [0.717, 1.165) is 30.2 Å². The van der Waals surface area contributed by atoms with Gasteiger partial charge < -0.3 is 14.9 Å². The molecule has 0 unspecified atom stereocenters. The Morgan fingerprint density at radius 3 is 2.88 bits per heavy atom. The summed E-state index contributed by atoms with van der Waals surface area (Å²) in [5, 5.41) is 3.47. The minimum absolute atomic E-state index is 0.0641. The second kappa shape index (κ2) is 7.13. The summed E-state index contributed by atoms with van der Waals surface area (Å²) in [4.78, 5) is 24.9. The van der Waals surface area contributed by atoms with Gasteiger partial charge in [0.25, 0.3) is 5.56 Å². The van der Waals surface area contributed by atoms with Crippen molar-refractivity contribution in [3.05, 3.63) is 38.9 Å². The van der Waals surface area contributed by atoms with Gasteiger partial charge in [0.05, 0.1) is 18.6 Å². The van der Waals surface area contributed by atoms with Crippen LogP contribution in [0, 0.1) is 4.77 Å². The van der Waals surface area contributed by atoms with Crippen molar-refractivity contribution in [2.24, 2.45) is 0 Å². The minimum Gasteiger partial charge on any atom is -0.358 e. The maximum absolute atomic E-state index is 12.5. The number of aromatic amines is 2. The third-order valence-corrected chi connectivity index (χ3v) is 5.68. The summed E-state index contributed by atoms with van der Waals surface area (Å²) in [5.41, 5.74) is 1.79. The standard InChI is InChI=1S/C17H24N6OS/c24-16-14-9-22(13-4-2-1-3-5-13)11-20-15(14)23(17(25)21-16)7-6-12-8-18-10-19-12/h8,10,13,20H,1-7,9,11H2,(H,18,19)(H,21,24,25). The van der Waals surface area contributed by atoms with Crippen molar-refractivity contribution in [3.8, 4) is 0 Å². The van der Waals surface area contributed by atoms with E-state index >= 15 is 0 Å². The van der Waals surface area contributed by atoms with E-state index in [4.69, 9.17) is 12.2 Å². The van der Waals surface area contributed by atoms with Crippen molar-refractivity contribution in [2.45, 2.75) is 57.7 Å². The van der Waals surface area contributed by atoms with Crippen LogP contribution in [0.2, 0.25) is 0 Å². The van der Waals surface area contributed by atoms with Gasteiger partial charge in [-0.2, -0.15) is 0 Å². The Balaban J connectivity index is 1.58. The van der Waals surface area contributed by atoms with Crippen molar-refractivity contribution >= 4 is 18.0 Å². The summed E-state index contributed by atoms with van der Waals surface area (Å²) >= 11 is 5.40. The fourth-order valence-electron chi connectivity index (χ4n) is 3.97. The van der Waals surface area contributed by atoms with Crippen LogP contribution in [0.4, 0.5) is 5.82 Å². The molecule has 0 bridgehead atoms. The van der Waals surface area contributed by atoms with Crippen LogP contribution in [-0.4, -0.2) is 37.1 Å². The number of rotatable bonds is 4. The number of hydrogen-bond acceptors (Lipinski definition) is 5. The monoisotopic (exact) mass is 360 g/mol. The van der Waals surface area contributed by atoms with Crippen molar-refractivity contribution in [2.75, 3.05) is 12.0 Å². The summed E-state index contributed by atoms with van der Waals surface area (Å²) in [6.45, 7) is 2.18. The Kier molecular flexibility index (Phi) is 4.72. The van der Waals surface area contributed by atoms with Crippen molar-refractivity contribution < 1.29 is 0 Å². The zero-order valence-electron chi connectivity index (χ0n) is 14.3. The van der Waals surface area contributed by atoms with Crippen LogP contribution in [0.15, 0.2) is 17.3 Å². The van der Waals surface area contributed by atoms with Gasteiger partial charge in [-0.3, -0.25) is 14.7 Å². The molecule has 2 aromatic heterocycles. The molecule has 4 rings (SSSR count). The Labute approximate surface area is 151 Å². The molecule has 0 radical (unpaired) electrons. The van der Waals surface area contributed by atoms with Crippen LogP contribution >= 0.6 is 12.2 Å². The van der Waals surface area contributed by atoms with Crippen LogP contribution in [-0.2, 0) is 19.5 Å². The van der Waals surface area contributed by atoms with Gasteiger partial charge in [0.15, 0.2) is 4.77 Å². The Hall–Kier alpha value is -1.93. The lowest BCUT2D eigenvalue weighted by Crippen LogP contribution is -2.45. The summed E-state index contributed by atoms with van der Waals surface area (Å²) in [6.07, 6.45) is 10.7. The van der Waals surface area contributed by atoms with Crippen LogP contribution in [0.5, 0.6) is 0 Å². The molecule has 1 fully saturated rings. The van der Waals surface area contributed by atoms with Gasteiger partial charge in [-0.1, -0.05) is 19.3 Å². The minimum atomic E-state index is -0.0641. The van der Waals surface area contributed by atoms with Crippen molar-refractivity contribution in [3.63, 3.8) is 0 Å². The fourth-order valence-corrected chi connectivity index (χ4v) is 4.24. The van der Waals surface area contributed by atoms with Crippen LogP contribution in [0.25, 0.3) is 0 Å². The molecule has 0 saturated heterocycles. The Bertz CT molecular complexity index is 834. The first kappa shape index (κ1) is 16.5.